The highest BCUT2D eigenvalue weighted by Gasteiger charge is 2.51. The van der Waals surface area contributed by atoms with Crippen LogP contribution < -0.4 is 0 Å². The third-order valence-corrected chi connectivity index (χ3v) is 3.29. The summed E-state index contributed by atoms with van der Waals surface area (Å²) >= 11 is 0. The first-order valence-corrected chi connectivity index (χ1v) is 6.44. The van der Waals surface area contributed by atoms with Gasteiger partial charge in [-0.25, -0.2) is 0 Å². The summed E-state index contributed by atoms with van der Waals surface area (Å²) < 4.78 is 0. The molecule has 0 aromatic heterocycles. The van der Waals surface area contributed by atoms with Crippen molar-refractivity contribution < 1.29 is 9.59 Å². The molecule has 1 aliphatic heterocycles. The fraction of sp³-hybridized carbons (Fsp3) is 0.786. The van der Waals surface area contributed by atoms with Crippen molar-refractivity contribution in [3.05, 3.63) is 0 Å². The van der Waals surface area contributed by atoms with E-state index in [1.807, 2.05) is 26.8 Å². The molecule has 0 radical (unpaired) electrons. The van der Waals surface area contributed by atoms with Gasteiger partial charge in [-0.05, 0) is 17.8 Å². The van der Waals surface area contributed by atoms with Crippen LogP contribution in [0.15, 0.2) is 0 Å². The zero-order valence-corrected chi connectivity index (χ0v) is 11.9. The summed E-state index contributed by atoms with van der Waals surface area (Å²) in [7, 11) is 0. The minimum Gasteiger partial charge on any atom is -0.331 e. The molecular formula is C14H22N2O2. The van der Waals surface area contributed by atoms with E-state index < -0.39 is 12.0 Å². The van der Waals surface area contributed by atoms with Gasteiger partial charge in [-0.2, -0.15) is 5.26 Å². The second-order valence-corrected chi connectivity index (χ2v) is 6.45. The maximum Gasteiger partial charge on any atom is 0.248 e. The van der Waals surface area contributed by atoms with E-state index in [1.165, 1.54) is 0 Å². The molecule has 1 rings (SSSR count). The number of likely N-dealkylation sites (tertiary alicyclic amines) is 1. The number of ketones is 1. The third kappa shape index (κ3) is 2.72. The second kappa shape index (κ2) is 5.09. The predicted octanol–water partition coefficient (Wildman–Crippen LogP) is 2.00. The van der Waals surface area contributed by atoms with E-state index in [1.54, 1.807) is 4.90 Å². The Bertz CT molecular complexity index is 388. The Hall–Kier alpha value is -1.37. The molecule has 1 aliphatic rings. The van der Waals surface area contributed by atoms with Gasteiger partial charge in [0.2, 0.25) is 5.91 Å². The summed E-state index contributed by atoms with van der Waals surface area (Å²) in [5, 5.41) is 8.97. The van der Waals surface area contributed by atoms with Crippen molar-refractivity contribution in [2.75, 3.05) is 6.54 Å². The molecule has 0 N–H and O–H groups in total. The summed E-state index contributed by atoms with van der Waals surface area (Å²) in [6, 6.07) is 1.38. The molecule has 4 heteroatoms. The first-order valence-electron chi connectivity index (χ1n) is 6.44. The number of hydrogen-bond donors (Lipinski definition) is 0. The normalized spacial score (nSPS) is 24.8. The Labute approximate surface area is 109 Å². The molecule has 100 valence electrons. The lowest BCUT2D eigenvalue weighted by Gasteiger charge is -2.33. The van der Waals surface area contributed by atoms with Gasteiger partial charge in [0.1, 0.15) is 0 Å². The van der Waals surface area contributed by atoms with E-state index in [9.17, 15) is 9.59 Å². The SMILES string of the molecule is CC(C)CCN1C(=O)C(C#N)C(=O)C1C(C)(C)C. The van der Waals surface area contributed by atoms with Gasteiger partial charge in [0, 0.05) is 6.54 Å². The van der Waals surface area contributed by atoms with Crippen molar-refractivity contribution in [1.29, 1.82) is 5.26 Å². The van der Waals surface area contributed by atoms with Crippen molar-refractivity contribution in [1.82, 2.24) is 4.90 Å². The fourth-order valence-corrected chi connectivity index (χ4v) is 2.38. The standard InChI is InChI=1S/C14H22N2O2/c1-9(2)6-7-16-12(14(3,4)5)11(17)10(8-15)13(16)18/h9-10,12H,6-7H2,1-5H3. The quantitative estimate of drug-likeness (QED) is 0.720. The third-order valence-electron chi connectivity index (χ3n) is 3.29. The highest BCUT2D eigenvalue weighted by atomic mass is 16.2. The Morgan fingerprint density at radius 3 is 2.28 bits per heavy atom. The number of hydrogen-bond acceptors (Lipinski definition) is 3. The molecule has 0 bridgehead atoms. The maximum atomic E-state index is 12.2. The monoisotopic (exact) mass is 250 g/mol. The molecule has 18 heavy (non-hydrogen) atoms. The molecule has 1 fully saturated rings. The first-order chi connectivity index (χ1) is 8.20. The summed E-state index contributed by atoms with van der Waals surface area (Å²) in [5.41, 5.74) is -0.324. The van der Waals surface area contributed by atoms with Gasteiger partial charge in [0.05, 0.1) is 12.1 Å². The molecule has 0 aromatic carbocycles. The number of nitriles is 1. The molecule has 0 aliphatic carbocycles. The van der Waals surface area contributed by atoms with E-state index >= 15 is 0 Å². The van der Waals surface area contributed by atoms with E-state index in [0.717, 1.165) is 6.42 Å². The summed E-state index contributed by atoms with van der Waals surface area (Å²) in [5.74, 6) is -1.18. The fourth-order valence-electron chi connectivity index (χ4n) is 2.38. The smallest absolute Gasteiger partial charge is 0.248 e. The van der Waals surface area contributed by atoms with Crippen LogP contribution in [0.25, 0.3) is 0 Å². The van der Waals surface area contributed by atoms with Crippen LogP contribution in [0.4, 0.5) is 0 Å². The van der Waals surface area contributed by atoms with Gasteiger partial charge < -0.3 is 4.90 Å². The molecule has 0 saturated carbocycles. The van der Waals surface area contributed by atoms with Crippen LogP contribution in [0.1, 0.15) is 41.0 Å². The molecule has 1 saturated heterocycles. The minimum absolute atomic E-state index is 0.237. The van der Waals surface area contributed by atoms with Crippen LogP contribution in [0.3, 0.4) is 0 Å². The van der Waals surface area contributed by atoms with Crippen molar-refractivity contribution in [3.63, 3.8) is 0 Å². The summed E-state index contributed by atoms with van der Waals surface area (Å²) in [4.78, 5) is 25.9. The summed E-state index contributed by atoms with van der Waals surface area (Å²) in [6.45, 7) is 10.5. The average molecular weight is 250 g/mol. The Kier molecular flexibility index (Phi) is 4.16. The van der Waals surface area contributed by atoms with Gasteiger partial charge in [0.15, 0.2) is 11.7 Å². The predicted molar refractivity (Wildman–Crippen MR) is 68.5 cm³/mol. The highest BCUT2D eigenvalue weighted by molar-refractivity contribution is 6.12. The van der Waals surface area contributed by atoms with E-state index in [-0.39, 0.29) is 17.1 Å². The van der Waals surface area contributed by atoms with Crippen molar-refractivity contribution >= 4 is 11.7 Å². The second-order valence-electron chi connectivity index (χ2n) is 6.45. The minimum atomic E-state index is -1.10. The molecular weight excluding hydrogens is 228 g/mol. The van der Waals surface area contributed by atoms with Crippen LogP contribution in [0.5, 0.6) is 0 Å². The summed E-state index contributed by atoms with van der Waals surface area (Å²) in [6.07, 6.45) is 0.851. The Morgan fingerprint density at radius 1 is 1.33 bits per heavy atom. The largest absolute Gasteiger partial charge is 0.331 e. The van der Waals surface area contributed by atoms with E-state index in [0.29, 0.717) is 12.5 Å². The van der Waals surface area contributed by atoms with E-state index in [2.05, 4.69) is 13.8 Å². The van der Waals surface area contributed by atoms with Crippen LogP contribution >= 0.6 is 0 Å². The van der Waals surface area contributed by atoms with Gasteiger partial charge in [-0.3, -0.25) is 9.59 Å². The molecule has 1 amide bonds. The number of amides is 1. The maximum absolute atomic E-state index is 12.2. The van der Waals surface area contributed by atoms with Crippen LogP contribution in [-0.2, 0) is 9.59 Å². The topological polar surface area (TPSA) is 61.2 Å². The number of rotatable bonds is 3. The van der Waals surface area contributed by atoms with Crippen molar-refractivity contribution in [3.8, 4) is 6.07 Å². The van der Waals surface area contributed by atoms with Crippen LogP contribution in [-0.4, -0.2) is 29.2 Å². The Balaban J connectivity index is 3.00. The van der Waals surface area contributed by atoms with Crippen molar-refractivity contribution in [2.45, 2.75) is 47.1 Å². The number of carbonyl (C=O) groups excluding carboxylic acids is 2. The van der Waals surface area contributed by atoms with Gasteiger partial charge in [-0.1, -0.05) is 34.6 Å². The lowest BCUT2D eigenvalue weighted by atomic mass is 9.83. The molecule has 2 atom stereocenters. The number of carbonyl (C=O) groups is 2. The molecule has 0 aromatic rings. The average Bonchev–Trinajstić information content (AvgIpc) is 2.46. The van der Waals surface area contributed by atoms with Gasteiger partial charge in [0.25, 0.3) is 0 Å². The lowest BCUT2D eigenvalue weighted by molar-refractivity contribution is -0.132. The lowest BCUT2D eigenvalue weighted by Crippen LogP contribution is -2.45. The van der Waals surface area contributed by atoms with Crippen LogP contribution in [0, 0.1) is 28.6 Å². The van der Waals surface area contributed by atoms with Crippen molar-refractivity contribution in [2.24, 2.45) is 17.3 Å². The number of Topliss-reactive ketones (excluding diaryl/α,β-unsaturated/α-hetero) is 1. The van der Waals surface area contributed by atoms with Gasteiger partial charge >= 0.3 is 0 Å². The molecule has 1 heterocycles. The molecule has 2 unspecified atom stereocenters. The van der Waals surface area contributed by atoms with Gasteiger partial charge in [-0.15, -0.1) is 0 Å². The zero-order chi connectivity index (χ0) is 14.1. The van der Waals surface area contributed by atoms with Crippen LogP contribution in [0.2, 0.25) is 0 Å². The Morgan fingerprint density at radius 2 is 1.89 bits per heavy atom. The zero-order valence-electron chi connectivity index (χ0n) is 11.9. The number of nitrogens with zero attached hydrogens (tertiary/aromatic N) is 2. The van der Waals surface area contributed by atoms with E-state index in [4.69, 9.17) is 5.26 Å². The highest BCUT2D eigenvalue weighted by Crippen LogP contribution is 2.34. The molecule has 0 spiro atoms. The molecule has 4 nitrogen and oxygen atoms in total. The first kappa shape index (κ1) is 14.7.